The van der Waals surface area contributed by atoms with Crippen LogP contribution in [-0.2, 0) is 23.7 Å². The summed E-state index contributed by atoms with van der Waals surface area (Å²) in [5, 5.41) is 2.56. The van der Waals surface area contributed by atoms with E-state index in [1.54, 1.807) is 0 Å². The molecule has 0 radical (unpaired) electrons. The van der Waals surface area contributed by atoms with Gasteiger partial charge in [0.2, 0.25) is 0 Å². The smallest absolute Gasteiger partial charge is 0.137 e. The molecule has 336 valence electrons. The summed E-state index contributed by atoms with van der Waals surface area (Å²) >= 11 is 0. The van der Waals surface area contributed by atoms with Crippen molar-refractivity contribution in [1.82, 2.24) is 9.55 Å². The van der Waals surface area contributed by atoms with E-state index in [0.29, 0.717) is 6.67 Å². The fraction of sp³-hybridized carbons (Fsp3) is 0.242. The van der Waals surface area contributed by atoms with E-state index in [1.165, 1.54) is 66.5 Å². The number of hydrogen-bond donors (Lipinski definition) is 0. The Labute approximate surface area is 397 Å². The molecule has 67 heavy (non-hydrogen) atoms. The molecule has 0 fully saturated rings. The molecule has 1 aliphatic heterocycles. The van der Waals surface area contributed by atoms with E-state index in [1.807, 2.05) is 6.20 Å². The van der Waals surface area contributed by atoms with Gasteiger partial charge in [0.05, 0.1) is 28.1 Å². The molecule has 0 saturated carbocycles. The summed E-state index contributed by atoms with van der Waals surface area (Å²) in [6.45, 7) is 18.8. The molecule has 0 unspecified atom stereocenters. The van der Waals surface area contributed by atoms with E-state index in [2.05, 4.69) is 234 Å². The molecule has 1 aliphatic rings. The highest BCUT2D eigenvalue weighted by Gasteiger charge is 2.32. The molecule has 0 spiro atoms. The van der Waals surface area contributed by atoms with Gasteiger partial charge in [0.15, 0.2) is 0 Å². The number of rotatable bonds is 11. The van der Waals surface area contributed by atoms with Crippen molar-refractivity contribution in [3.8, 4) is 39.6 Å². The fourth-order valence-corrected chi connectivity index (χ4v) is 10.1. The van der Waals surface area contributed by atoms with E-state index in [-0.39, 0.29) is 10.8 Å². The van der Waals surface area contributed by atoms with E-state index in [0.717, 1.165) is 65.6 Å². The Bertz CT molecular complexity index is 3260. The molecule has 0 saturated heterocycles. The molecule has 9 aromatic rings. The fourth-order valence-electron chi connectivity index (χ4n) is 10.1. The molecular weight excluding hydrogens is 817 g/mol. The molecular formula is C62H62N4O. The highest BCUT2D eigenvalue weighted by atomic mass is 16.5. The zero-order valence-electron chi connectivity index (χ0n) is 40.4. The number of hydrogen-bond acceptors (Lipinski definition) is 4. The number of anilines is 4. The minimum atomic E-state index is -0.0179. The molecule has 0 atom stereocenters. The van der Waals surface area contributed by atoms with Gasteiger partial charge in [-0.1, -0.05) is 165 Å². The van der Waals surface area contributed by atoms with Crippen molar-refractivity contribution in [2.24, 2.45) is 0 Å². The predicted octanol–water partition coefficient (Wildman–Crippen LogP) is 17.1. The molecule has 5 nitrogen and oxygen atoms in total. The quantitative estimate of drug-likeness (QED) is 0.130. The Morgan fingerprint density at radius 1 is 0.537 bits per heavy atom. The third-order valence-corrected chi connectivity index (χ3v) is 13.5. The van der Waals surface area contributed by atoms with Gasteiger partial charge in [-0.25, -0.2) is 4.98 Å². The van der Waals surface area contributed by atoms with Gasteiger partial charge >= 0.3 is 0 Å². The number of ether oxygens (including phenoxy) is 1. The molecule has 3 heterocycles. The van der Waals surface area contributed by atoms with Crippen molar-refractivity contribution in [2.75, 3.05) is 16.5 Å². The van der Waals surface area contributed by atoms with E-state index in [4.69, 9.17) is 9.72 Å². The lowest BCUT2D eigenvalue weighted by atomic mass is 9.85. The molecule has 10 rings (SSSR count). The first kappa shape index (κ1) is 43.8. The number of aromatic nitrogens is 2. The monoisotopic (exact) mass is 878 g/mol. The largest absolute Gasteiger partial charge is 0.457 e. The summed E-state index contributed by atoms with van der Waals surface area (Å²) < 4.78 is 9.27. The maximum absolute atomic E-state index is 6.91. The van der Waals surface area contributed by atoms with Crippen LogP contribution in [0, 0.1) is 0 Å². The van der Waals surface area contributed by atoms with Crippen LogP contribution in [0.15, 0.2) is 170 Å². The van der Waals surface area contributed by atoms with Crippen molar-refractivity contribution in [1.29, 1.82) is 0 Å². The van der Waals surface area contributed by atoms with E-state index < -0.39 is 0 Å². The number of aryl methyl sites for hydroxylation is 2. The number of fused-ring (bicyclic) bond motifs is 4. The highest BCUT2D eigenvalue weighted by Crippen LogP contribution is 2.51. The second kappa shape index (κ2) is 17.6. The van der Waals surface area contributed by atoms with Crippen molar-refractivity contribution in [2.45, 2.75) is 91.9 Å². The van der Waals surface area contributed by atoms with E-state index >= 15 is 0 Å². The van der Waals surface area contributed by atoms with Gasteiger partial charge < -0.3 is 14.5 Å². The summed E-state index contributed by atoms with van der Waals surface area (Å²) in [4.78, 5) is 9.93. The van der Waals surface area contributed by atoms with Crippen LogP contribution in [0.3, 0.4) is 0 Å². The van der Waals surface area contributed by atoms with Gasteiger partial charge in [-0.15, -0.1) is 0 Å². The number of nitrogens with zero attached hydrogens (tertiary/aromatic N) is 4. The Morgan fingerprint density at radius 3 is 1.94 bits per heavy atom. The van der Waals surface area contributed by atoms with Crippen LogP contribution in [0.25, 0.3) is 49.9 Å². The molecule has 0 N–H and O–H groups in total. The van der Waals surface area contributed by atoms with Crippen LogP contribution in [0.2, 0.25) is 0 Å². The Kier molecular flexibility index (Phi) is 11.5. The van der Waals surface area contributed by atoms with Gasteiger partial charge in [-0.05, 0) is 112 Å². The number of pyridine rings is 1. The number of para-hydroxylation sites is 3. The summed E-state index contributed by atoms with van der Waals surface area (Å²) in [7, 11) is 0. The molecule has 7 aromatic carbocycles. The topological polar surface area (TPSA) is 33.5 Å². The lowest BCUT2D eigenvalue weighted by Crippen LogP contribution is -2.25. The minimum Gasteiger partial charge on any atom is -0.457 e. The zero-order valence-corrected chi connectivity index (χ0v) is 40.4. The lowest BCUT2D eigenvalue weighted by molar-refractivity contribution is 0.483. The minimum absolute atomic E-state index is 0.0179. The van der Waals surface area contributed by atoms with Crippen LogP contribution in [0.5, 0.6) is 11.5 Å². The average Bonchev–Trinajstić information content (AvgIpc) is 3.88. The van der Waals surface area contributed by atoms with Crippen LogP contribution in [-0.4, -0.2) is 16.2 Å². The van der Waals surface area contributed by atoms with Crippen LogP contribution in [0.1, 0.15) is 90.5 Å². The van der Waals surface area contributed by atoms with Crippen LogP contribution in [0.4, 0.5) is 22.7 Å². The van der Waals surface area contributed by atoms with Crippen molar-refractivity contribution < 1.29 is 4.74 Å². The normalized spacial score (nSPS) is 12.9. The van der Waals surface area contributed by atoms with Crippen molar-refractivity contribution in [3.05, 3.63) is 192 Å². The van der Waals surface area contributed by atoms with Crippen LogP contribution < -0.4 is 14.5 Å². The Hall–Kier alpha value is -7.11. The third-order valence-electron chi connectivity index (χ3n) is 13.5. The molecule has 0 amide bonds. The zero-order chi connectivity index (χ0) is 46.5. The predicted molar refractivity (Wildman–Crippen MR) is 283 cm³/mol. The standard InChI is InChI=1S/C62H62N4O/c1-9-19-42-31-34-56-59(50(42)20-10-2)53-33-32-49(40-57(53)66(56)58-38-46(35-36-63-58)62(6,7)8)67-48-26-17-25-47(39-48)64-41-65(55-30-15-14-29-54(55)64)60-51(43-21-12-11-13-22-43)27-18-28-52(60)44-23-16-24-45(37-44)61(3,4)5/h11-18,21-40H,9-10,19-20,41H2,1-8H3. The van der Waals surface area contributed by atoms with Gasteiger partial charge in [0.1, 0.15) is 24.0 Å². The Morgan fingerprint density at radius 2 is 1.19 bits per heavy atom. The van der Waals surface area contributed by atoms with Crippen LogP contribution >= 0.6 is 0 Å². The van der Waals surface area contributed by atoms with Gasteiger partial charge in [0, 0.05) is 45.9 Å². The first-order valence-corrected chi connectivity index (χ1v) is 24.2. The van der Waals surface area contributed by atoms with Crippen molar-refractivity contribution in [3.63, 3.8) is 0 Å². The SMILES string of the molecule is CCCc1ccc2c(c1CCC)c1ccc(Oc3cccc(N4CN(c5c(-c6ccccc6)cccc5-c5cccc(C(C)(C)C)c5)c5ccccc54)c3)cc1n2-c1cc(C(C)(C)C)ccn1. The van der Waals surface area contributed by atoms with Gasteiger partial charge in [-0.2, -0.15) is 0 Å². The highest BCUT2D eigenvalue weighted by molar-refractivity contribution is 6.11. The van der Waals surface area contributed by atoms with Gasteiger partial charge in [-0.3, -0.25) is 4.57 Å². The summed E-state index contributed by atoms with van der Waals surface area (Å²) in [6, 6.07) is 59.7. The third kappa shape index (κ3) is 8.26. The maximum atomic E-state index is 6.91. The molecule has 2 aromatic heterocycles. The maximum Gasteiger partial charge on any atom is 0.137 e. The first-order chi connectivity index (χ1) is 32.4. The Balaban J connectivity index is 1.06. The molecule has 5 heteroatoms. The number of benzene rings is 7. The molecule has 0 aliphatic carbocycles. The molecule has 0 bridgehead atoms. The van der Waals surface area contributed by atoms with Gasteiger partial charge in [0.25, 0.3) is 0 Å². The summed E-state index contributed by atoms with van der Waals surface area (Å²) in [5.41, 5.74) is 17.1. The lowest BCUT2D eigenvalue weighted by Gasteiger charge is -2.28. The first-order valence-electron chi connectivity index (χ1n) is 24.2. The second-order valence-electron chi connectivity index (χ2n) is 20.2. The van der Waals surface area contributed by atoms with E-state index in [9.17, 15) is 0 Å². The summed E-state index contributed by atoms with van der Waals surface area (Å²) in [6.07, 6.45) is 6.26. The second-order valence-corrected chi connectivity index (χ2v) is 20.2. The van der Waals surface area contributed by atoms with Crippen molar-refractivity contribution >= 4 is 44.6 Å². The average molecular weight is 879 g/mol. The summed E-state index contributed by atoms with van der Waals surface area (Å²) in [5.74, 6) is 2.49.